The molecule has 7 heteroatoms. The standard InChI is InChI=1S/C23H25FN2O3S/c1-25(2)19(27)13-26-17-12-18(23(28)29)30-22(17)20(14-7-4-3-5-8-14)21(26)15-9-6-10-16(24)11-15/h6,9-12,14H,3-5,7-8,13H2,1-2H3,(H,28,29). The van der Waals surface area contributed by atoms with Gasteiger partial charge in [0.2, 0.25) is 5.91 Å². The molecule has 30 heavy (non-hydrogen) atoms. The fraction of sp³-hybridized carbons (Fsp3) is 0.391. The smallest absolute Gasteiger partial charge is 0.345 e. The van der Waals surface area contributed by atoms with Crippen molar-refractivity contribution in [3.8, 4) is 11.3 Å². The van der Waals surface area contributed by atoms with Gasteiger partial charge in [0, 0.05) is 19.7 Å². The molecule has 0 atom stereocenters. The predicted octanol–water partition coefficient (Wildman–Crippen LogP) is 5.34. The Balaban J connectivity index is 2.01. The summed E-state index contributed by atoms with van der Waals surface area (Å²) in [5.74, 6) is -1.12. The van der Waals surface area contributed by atoms with Crippen molar-refractivity contribution in [3.63, 3.8) is 0 Å². The summed E-state index contributed by atoms with van der Waals surface area (Å²) in [6.07, 6.45) is 5.47. The lowest BCUT2D eigenvalue weighted by Gasteiger charge is -2.24. The number of halogens is 1. The first kappa shape index (κ1) is 20.6. The van der Waals surface area contributed by atoms with Gasteiger partial charge in [-0.3, -0.25) is 4.79 Å². The number of hydrogen-bond donors (Lipinski definition) is 1. The Hall–Kier alpha value is -2.67. The average molecular weight is 429 g/mol. The first-order valence-corrected chi connectivity index (χ1v) is 11.0. The molecule has 2 heterocycles. The summed E-state index contributed by atoms with van der Waals surface area (Å²) in [4.78, 5) is 26.1. The number of likely N-dealkylation sites (N-methyl/N-ethyl adjacent to an activating group) is 1. The third kappa shape index (κ3) is 3.74. The van der Waals surface area contributed by atoms with Gasteiger partial charge in [-0.25, -0.2) is 9.18 Å². The molecule has 1 aliphatic carbocycles. The second kappa shape index (κ2) is 8.22. The van der Waals surface area contributed by atoms with Crippen LogP contribution in [0.4, 0.5) is 4.39 Å². The number of carbonyl (C=O) groups excluding carboxylic acids is 1. The van der Waals surface area contributed by atoms with Gasteiger partial charge < -0.3 is 14.6 Å². The van der Waals surface area contributed by atoms with Crippen LogP contribution in [0.25, 0.3) is 21.5 Å². The zero-order valence-corrected chi connectivity index (χ0v) is 18.0. The van der Waals surface area contributed by atoms with E-state index in [0.717, 1.165) is 52.7 Å². The lowest BCUT2D eigenvalue weighted by molar-refractivity contribution is -0.129. The summed E-state index contributed by atoms with van der Waals surface area (Å²) in [5.41, 5.74) is 3.38. The molecule has 1 fully saturated rings. The van der Waals surface area contributed by atoms with Crippen molar-refractivity contribution in [2.45, 2.75) is 44.6 Å². The molecule has 1 aromatic carbocycles. The lowest BCUT2D eigenvalue weighted by Crippen LogP contribution is -2.26. The number of benzene rings is 1. The maximum absolute atomic E-state index is 14.1. The number of amides is 1. The summed E-state index contributed by atoms with van der Waals surface area (Å²) in [5, 5.41) is 9.57. The molecule has 3 aromatic rings. The van der Waals surface area contributed by atoms with Gasteiger partial charge in [0.15, 0.2) is 0 Å². The Bertz CT molecular complexity index is 1110. The quantitative estimate of drug-likeness (QED) is 0.596. The van der Waals surface area contributed by atoms with E-state index in [1.807, 2.05) is 10.6 Å². The van der Waals surface area contributed by atoms with E-state index in [4.69, 9.17) is 0 Å². The third-order valence-electron chi connectivity index (χ3n) is 5.89. The summed E-state index contributed by atoms with van der Waals surface area (Å²) in [6, 6.07) is 8.10. The summed E-state index contributed by atoms with van der Waals surface area (Å²) >= 11 is 1.26. The van der Waals surface area contributed by atoms with Crippen molar-refractivity contribution < 1.29 is 19.1 Å². The monoisotopic (exact) mass is 428 g/mol. The number of carbonyl (C=O) groups is 2. The number of nitrogens with zero attached hydrogens (tertiary/aromatic N) is 2. The van der Waals surface area contributed by atoms with Gasteiger partial charge >= 0.3 is 5.97 Å². The predicted molar refractivity (Wildman–Crippen MR) is 117 cm³/mol. The maximum atomic E-state index is 14.1. The van der Waals surface area contributed by atoms with Crippen molar-refractivity contribution in [2.75, 3.05) is 14.1 Å². The molecule has 1 amide bonds. The largest absolute Gasteiger partial charge is 0.477 e. The number of fused-ring (bicyclic) bond motifs is 1. The molecular formula is C23H25FN2O3S. The highest BCUT2D eigenvalue weighted by atomic mass is 32.1. The Morgan fingerprint density at radius 1 is 1.20 bits per heavy atom. The molecule has 1 aliphatic rings. The Morgan fingerprint density at radius 2 is 1.93 bits per heavy atom. The summed E-state index contributed by atoms with van der Waals surface area (Å²) < 4.78 is 16.9. The number of aromatic carboxylic acids is 1. The average Bonchev–Trinajstić information content (AvgIpc) is 3.27. The van der Waals surface area contributed by atoms with Crippen LogP contribution in [0.3, 0.4) is 0 Å². The zero-order chi connectivity index (χ0) is 21.4. The van der Waals surface area contributed by atoms with Gasteiger partial charge in [0.25, 0.3) is 0 Å². The zero-order valence-electron chi connectivity index (χ0n) is 17.2. The molecule has 1 saturated carbocycles. The highest BCUT2D eigenvalue weighted by molar-refractivity contribution is 7.21. The highest BCUT2D eigenvalue weighted by Gasteiger charge is 2.29. The number of rotatable bonds is 5. The van der Waals surface area contributed by atoms with Crippen molar-refractivity contribution >= 4 is 33.4 Å². The van der Waals surface area contributed by atoms with Crippen molar-refractivity contribution in [2.24, 2.45) is 0 Å². The molecule has 2 aromatic heterocycles. The fourth-order valence-electron chi connectivity index (χ4n) is 4.41. The molecule has 0 spiro atoms. The van der Waals surface area contributed by atoms with E-state index in [9.17, 15) is 19.1 Å². The number of hydrogen-bond acceptors (Lipinski definition) is 3. The van der Waals surface area contributed by atoms with Crippen molar-refractivity contribution in [3.05, 3.63) is 46.6 Å². The fourth-order valence-corrected chi connectivity index (χ4v) is 5.54. The van der Waals surface area contributed by atoms with Gasteiger partial charge in [-0.05, 0) is 42.5 Å². The molecule has 0 unspecified atom stereocenters. The highest BCUT2D eigenvalue weighted by Crippen LogP contribution is 2.46. The van der Waals surface area contributed by atoms with Gasteiger partial charge in [0.1, 0.15) is 17.2 Å². The SMILES string of the molecule is CN(C)C(=O)Cn1c(-c2cccc(F)c2)c(C2CCCCC2)c2sc(C(=O)O)cc21. The van der Waals surface area contributed by atoms with Crippen LogP contribution in [0.5, 0.6) is 0 Å². The Labute approximate surface area is 178 Å². The Morgan fingerprint density at radius 3 is 2.57 bits per heavy atom. The van der Waals surface area contributed by atoms with Crippen LogP contribution >= 0.6 is 11.3 Å². The maximum Gasteiger partial charge on any atom is 0.345 e. The van der Waals surface area contributed by atoms with Crippen LogP contribution < -0.4 is 0 Å². The minimum atomic E-state index is -0.969. The molecule has 158 valence electrons. The van der Waals surface area contributed by atoms with Crippen LogP contribution in [-0.2, 0) is 11.3 Å². The van der Waals surface area contributed by atoms with Crippen LogP contribution in [0.15, 0.2) is 30.3 Å². The lowest BCUT2D eigenvalue weighted by atomic mass is 9.83. The third-order valence-corrected chi connectivity index (χ3v) is 7.03. The van der Waals surface area contributed by atoms with Crippen molar-refractivity contribution in [1.29, 1.82) is 0 Å². The van der Waals surface area contributed by atoms with Gasteiger partial charge in [0.05, 0.1) is 15.9 Å². The molecule has 0 bridgehead atoms. The molecule has 0 aliphatic heterocycles. The minimum Gasteiger partial charge on any atom is -0.477 e. The van der Waals surface area contributed by atoms with Gasteiger partial charge in [-0.15, -0.1) is 11.3 Å². The van der Waals surface area contributed by atoms with E-state index >= 15 is 0 Å². The van der Waals surface area contributed by atoms with E-state index < -0.39 is 5.97 Å². The van der Waals surface area contributed by atoms with E-state index in [0.29, 0.717) is 0 Å². The summed E-state index contributed by atoms with van der Waals surface area (Å²) in [6.45, 7) is 0.0812. The van der Waals surface area contributed by atoms with E-state index in [1.165, 1.54) is 34.8 Å². The van der Waals surface area contributed by atoms with E-state index in [1.54, 1.807) is 26.2 Å². The number of aromatic nitrogens is 1. The summed E-state index contributed by atoms with van der Waals surface area (Å²) in [7, 11) is 3.40. The topological polar surface area (TPSA) is 62.5 Å². The number of carboxylic acid groups (broad SMARTS) is 1. The first-order valence-electron chi connectivity index (χ1n) is 10.2. The van der Waals surface area contributed by atoms with Gasteiger partial charge in [-0.2, -0.15) is 0 Å². The number of thiophene rings is 1. The minimum absolute atomic E-state index is 0.0812. The van der Waals surface area contributed by atoms with Crippen LogP contribution in [-0.4, -0.2) is 40.5 Å². The van der Waals surface area contributed by atoms with Crippen LogP contribution in [0, 0.1) is 5.82 Å². The molecule has 0 radical (unpaired) electrons. The molecule has 5 nitrogen and oxygen atoms in total. The normalized spacial score (nSPS) is 14.9. The Kier molecular flexibility index (Phi) is 5.64. The van der Waals surface area contributed by atoms with E-state index in [2.05, 4.69) is 0 Å². The van der Waals surface area contributed by atoms with Crippen molar-refractivity contribution in [1.82, 2.24) is 9.47 Å². The molecule has 1 N–H and O–H groups in total. The van der Waals surface area contributed by atoms with Gasteiger partial charge in [-0.1, -0.05) is 31.4 Å². The van der Waals surface area contributed by atoms with Crippen LogP contribution in [0.2, 0.25) is 0 Å². The molecule has 4 rings (SSSR count). The molecule has 0 saturated heterocycles. The van der Waals surface area contributed by atoms with Crippen LogP contribution in [0.1, 0.15) is 53.3 Å². The molecular weight excluding hydrogens is 403 g/mol. The second-order valence-corrected chi connectivity index (χ2v) is 9.16. The van der Waals surface area contributed by atoms with E-state index in [-0.39, 0.29) is 29.1 Å². The second-order valence-electron chi connectivity index (χ2n) is 8.11. The first-order chi connectivity index (χ1) is 14.4. The number of carboxylic acids is 1.